The zero-order valence-corrected chi connectivity index (χ0v) is 17.0. The highest BCUT2D eigenvalue weighted by atomic mass is 127. The fraction of sp³-hybridized carbons (Fsp3) is 0.267. The summed E-state index contributed by atoms with van der Waals surface area (Å²) in [5, 5.41) is 12.0. The van der Waals surface area contributed by atoms with Crippen molar-refractivity contribution in [1.82, 2.24) is 4.98 Å². The van der Waals surface area contributed by atoms with E-state index in [0.29, 0.717) is 27.9 Å². The number of rotatable bonds is 6. The van der Waals surface area contributed by atoms with Crippen LogP contribution >= 0.6 is 45.7 Å². The van der Waals surface area contributed by atoms with Gasteiger partial charge in [-0.1, -0.05) is 23.1 Å². The molecule has 24 heavy (non-hydrogen) atoms. The number of nitriles is 1. The van der Waals surface area contributed by atoms with E-state index in [1.165, 1.54) is 30.2 Å². The van der Waals surface area contributed by atoms with Crippen LogP contribution in [0.1, 0.15) is 16.1 Å². The molecule has 2 rings (SSSR count). The Kier molecular flexibility index (Phi) is 6.70. The molecule has 0 aliphatic carbocycles. The third-order valence-corrected chi connectivity index (χ3v) is 6.15. The second kappa shape index (κ2) is 8.55. The molecule has 0 atom stereocenters. The van der Waals surface area contributed by atoms with Gasteiger partial charge in [0.1, 0.15) is 0 Å². The molecule has 0 saturated heterocycles. The predicted molar refractivity (Wildman–Crippen MR) is 103 cm³/mol. The standard InChI is InChI=1S/C15H14IN3O3S2/c1-8-14(23-5-4-17)24-15(18-8)19-13(20)9-6-11(21-2)12(22-3)7-10(9)16/h6-7H,5H2,1-3H3,(H,18,19,20). The molecule has 1 aromatic heterocycles. The maximum atomic E-state index is 12.5. The van der Waals surface area contributed by atoms with Gasteiger partial charge in [-0.15, -0.1) is 0 Å². The van der Waals surface area contributed by atoms with Gasteiger partial charge in [0.25, 0.3) is 5.91 Å². The lowest BCUT2D eigenvalue weighted by atomic mass is 10.2. The van der Waals surface area contributed by atoms with Crippen molar-refractivity contribution < 1.29 is 14.3 Å². The van der Waals surface area contributed by atoms with Crippen molar-refractivity contribution in [1.29, 1.82) is 5.26 Å². The number of hydrogen-bond acceptors (Lipinski definition) is 7. The van der Waals surface area contributed by atoms with Gasteiger partial charge >= 0.3 is 0 Å². The van der Waals surface area contributed by atoms with E-state index in [-0.39, 0.29) is 5.91 Å². The van der Waals surface area contributed by atoms with Crippen LogP contribution in [0.25, 0.3) is 0 Å². The molecular formula is C15H14IN3O3S2. The number of ether oxygens (including phenoxy) is 2. The molecule has 0 aliphatic heterocycles. The van der Waals surface area contributed by atoms with Crippen LogP contribution in [0.2, 0.25) is 0 Å². The number of carbonyl (C=O) groups excluding carboxylic acids is 1. The van der Waals surface area contributed by atoms with Crippen LogP contribution in [0.5, 0.6) is 11.5 Å². The van der Waals surface area contributed by atoms with E-state index in [0.717, 1.165) is 13.5 Å². The van der Waals surface area contributed by atoms with E-state index in [1.807, 2.05) is 6.92 Å². The van der Waals surface area contributed by atoms with Gasteiger partial charge in [-0.05, 0) is 41.6 Å². The van der Waals surface area contributed by atoms with Crippen molar-refractivity contribution in [3.05, 3.63) is 27.0 Å². The lowest BCUT2D eigenvalue weighted by molar-refractivity contribution is 0.102. The van der Waals surface area contributed by atoms with E-state index >= 15 is 0 Å². The SMILES string of the molecule is COc1cc(I)c(C(=O)Nc2nc(C)c(SCC#N)s2)cc1OC. The molecule has 9 heteroatoms. The first kappa shape index (κ1) is 18.8. The number of anilines is 1. The highest BCUT2D eigenvalue weighted by Crippen LogP contribution is 2.34. The Morgan fingerprint density at radius 1 is 1.42 bits per heavy atom. The Bertz CT molecular complexity index is 802. The zero-order valence-electron chi connectivity index (χ0n) is 13.2. The van der Waals surface area contributed by atoms with Crippen LogP contribution in [-0.4, -0.2) is 30.9 Å². The van der Waals surface area contributed by atoms with Gasteiger partial charge in [-0.3, -0.25) is 10.1 Å². The number of halogens is 1. The van der Waals surface area contributed by atoms with Crippen molar-refractivity contribution in [2.24, 2.45) is 0 Å². The molecule has 126 valence electrons. The molecule has 1 N–H and O–H groups in total. The highest BCUT2D eigenvalue weighted by Gasteiger charge is 2.17. The van der Waals surface area contributed by atoms with Crippen molar-refractivity contribution in [3.63, 3.8) is 0 Å². The number of nitrogens with zero attached hydrogens (tertiary/aromatic N) is 2. The lowest BCUT2D eigenvalue weighted by Gasteiger charge is -2.11. The molecule has 1 aromatic carbocycles. The number of hydrogen-bond donors (Lipinski definition) is 1. The first-order valence-corrected chi connectivity index (χ1v) is 9.58. The summed E-state index contributed by atoms with van der Waals surface area (Å²) in [5.74, 6) is 1.14. The molecule has 0 fully saturated rings. The van der Waals surface area contributed by atoms with Crippen molar-refractivity contribution >= 4 is 56.7 Å². The predicted octanol–water partition coefficient (Wildman–Crippen LogP) is 3.94. The van der Waals surface area contributed by atoms with Crippen molar-refractivity contribution in [2.75, 3.05) is 25.3 Å². The molecule has 0 spiro atoms. The van der Waals surface area contributed by atoms with Crippen molar-refractivity contribution in [2.45, 2.75) is 11.1 Å². The minimum absolute atomic E-state index is 0.272. The van der Waals surface area contributed by atoms with Crippen LogP contribution in [0.3, 0.4) is 0 Å². The second-order valence-electron chi connectivity index (χ2n) is 4.48. The maximum absolute atomic E-state index is 12.5. The molecule has 0 radical (unpaired) electrons. The van der Waals surface area contributed by atoms with Crippen LogP contribution in [0.4, 0.5) is 5.13 Å². The van der Waals surface area contributed by atoms with Gasteiger partial charge in [0.05, 0.1) is 41.5 Å². The van der Waals surface area contributed by atoms with Gasteiger partial charge in [-0.25, -0.2) is 4.98 Å². The average Bonchev–Trinajstić information content (AvgIpc) is 2.91. The summed E-state index contributed by atoms with van der Waals surface area (Å²) in [7, 11) is 3.07. The fourth-order valence-electron chi connectivity index (χ4n) is 1.86. The van der Waals surface area contributed by atoms with E-state index in [1.54, 1.807) is 19.2 Å². The summed E-state index contributed by atoms with van der Waals surface area (Å²) in [6, 6.07) is 5.46. The van der Waals surface area contributed by atoms with E-state index < -0.39 is 0 Å². The second-order valence-corrected chi connectivity index (χ2v) is 7.89. The number of carbonyl (C=O) groups is 1. The minimum atomic E-state index is -0.272. The summed E-state index contributed by atoms with van der Waals surface area (Å²) >= 11 is 4.84. The Morgan fingerprint density at radius 3 is 2.71 bits per heavy atom. The monoisotopic (exact) mass is 475 g/mol. The normalized spacial score (nSPS) is 10.1. The molecule has 0 bridgehead atoms. The number of thiazole rings is 1. The molecular weight excluding hydrogens is 461 g/mol. The molecule has 0 saturated carbocycles. The highest BCUT2D eigenvalue weighted by molar-refractivity contribution is 14.1. The van der Waals surface area contributed by atoms with Gasteiger partial charge in [0, 0.05) is 3.57 Å². The van der Waals surface area contributed by atoms with Gasteiger partial charge in [-0.2, -0.15) is 5.26 Å². The van der Waals surface area contributed by atoms with E-state index in [2.05, 4.69) is 39.0 Å². The number of amides is 1. The maximum Gasteiger partial charge on any atom is 0.258 e. The van der Waals surface area contributed by atoms with Crippen LogP contribution < -0.4 is 14.8 Å². The number of benzene rings is 1. The van der Waals surface area contributed by atoms with E-state index in [4.69, 9.17) is 14.7 Å². The number of methoxy groups -OCH3 is 2. The Balaban J connectivity index is 2.23. The first-order valence-electron chi connectivity index (χ1n) is 6.70. The van der Waals surface area contributed by atoms with Crippen LogP contribution in [-0.2, 0) is 0 Å². The summed E-state index contributed by atoms with van der Waals surface area (Å²) in [4.78, 5) is 16.9. The number of aryl methyl sites for hydroxylation is 1. The van der Waals surface area contributed by atoms with Gasteiger partial charge < -0.3 is 9.47 Å². The summed E-state index contributed by atoms with van der Waals surface area (Å²) < 4.78 is 12.1. The molecule has 6 nitrogen and oxygen atoms in total. The third-order valence-electron chi connectivity index (χ3n) is 2.96. The van der Waals surface area contributed by atoms with Gasteiger partial charge in [0.2, 0.25) is 0 Å². The molecule has 1 amide bonds. The summed E-state index contributed by atoms with van der Waals surface area (Å²) in [5.41, 5.74) is 1.28. The zero-order chi connectivity index (χ0) is 17.7. The minimum Gasteiger partial charge on any atom is -0.493 e. The quantitative estimate of drug-likeness (QED) is 0.504. The fourth-order valence-corrected chi connectivity index (χ4v) is 4.34. The number of aromatic nitrogens is 1. The molecule has 1 heterocycles. The Morgan fingerprint density at radius 2 is 2.08 bits per heavy atom. The first-order chi connectivity index (χ1) is 11.5. The molecule has 2 aromatic rings. The largest absolute Gasteiger partial charge is 0.493 e. The smallest absolute Gasteiger partial charge is 0.258 e. The Hall–Kier alpha value is -1.51. The number of thioether (sulfide) groups is 1. The molecule has 0 unspecified atom stereocenters. The third kappa shape index (κ3) is 4.31. The van der Waals surface area contributed by atoms with E-state index in [9.17, 15) is 4.79 Å². The summed E-state index contributed by atoms with van der Waals surface area (Å²) in [6.45, 7) is 1.85. The van der Waals surface area contributed by atoms with Gasteiger partial charge in [0.15, 0.2) is 16.6 Å². The average molecular weight is 475 g/mol. The topological polar surface area (TPSA) is 84.2 Å². The lowest BCUT2D eigenvalue weighted by Crippen LogP contribution is -2.13. The van der Waals surface area contributed by atoms with Crippen LogP contribution in [0.15, 0.2) is 16.3 Å². The van der Waals surface area contributed by atoms with Crippen molar-refractivity contribution in [3.8, 4) is 17.6 Å². The molecule has 0 aliphatic rings. The van der Waals surface area contributed by atoms with Crippen LogP contribution in [0, 0.1) is 21.8 Å². The Labute approximate surface area is 161 Å². The number of nitrogens with one attached hydrogen (secondary N) is 1. The summed E-state index contributed by atoms with van der Waals surface area (Å²) in [6.07, 6.45) is 0.